The van der Waals surface area contributed by atoms with Crippen molar-refractivity contribution in [1.82, 2.24) is 9.62 Å². The van der Waals surface area contributed by atoms with Crippen molar-refractivity contribution in [2.45, 2.75) is 25.2 Å². The third-order valence-corrected chi connectivity index (χ3v) is 5.10. The zero-order valence-electron chi connectivity index (χ0n) is 13.2. The Morgan fingerprint density at radius 3 is 2.50 bits per heavy atom. The summed E-state index contributed by atoms with van der Waals surface area (Å²) in [5.41, 5.74) is 0. The van der Waals surface area contributed by atoms with E-state index in [-0.39, 0.29) is 4.90 Å². The minimum atomic E-state index is -3.53. The first-order valence-electron chi connectivity index (χ1n) is 7.68. The average molecular weight is 328 g/mol. The van der Waals surface area contributed by atoms with Gasteiger partial charge in [0.1, 0.15) is 0 Å². The minimum absolute atomic E-state index is 0.205. The van der Waals surface area contributed by atoms with Gasteiger partial charge < -0.3 is 14.4 Å². The van der Waals surface area contributed by atoms with Crippen LogP contribution in [-0.2, 0) is 10.0 Å². The molecule has 0 saturated heterocycles. The molecule has 0 bridgehead atoms. The number of rotatable bonds is 7. The first kappa shape index (κ1) is 17.1. The van der Waals surface area contributed by atoms with Crippen molar-refractivity contribution in [2.24, 2.45) is 0 Å². The molecule has 1 aliphatic rings. The van der Waals surface area contributed by atoms with Crippen LogP contribution in [0.2, 0.25) is 0 Å². The van der Waals surface area contributed by atoms with Gasteiger partial charge in [0.2, 0.25) is 10.0 Å². The molecule has 0 unspecified atom stereocenters. The second-order valence-electron chi connectivity index (χ2n) is 5.08. The van der Waals surface area contributed by atoms with Crippen LogP contribution < -0.4 is 14.2 Å². The van der Waals surface area contributed by atoms with Crippen molar-refractivity contribution in [1.29, 1.82) is 0 Å². The Morgan fingerprint density at radius 2 is 1.82 bits per heavy atom. The van der Waals surface area contributed by atoms with Gasteiger partial charge in [-0.05, 0) is 25.2 Å². The van der Waals surface area contributed by atoms with E-state index in [0.717, 1.165) is 19.5 Å². The monoisotopic (exact) mass is 328 g/mol. The van der Waals surface area contributed by atoms with E-state index in [4.69, 9.17) is 9.47 Å². The van der Waals surface area contributed by atoms with Crippen LogP contribution in [0.4, 0.5) is 0 Å². The summed E-state index contributed by atoms with van der Waals surface area (Å²) in [7, 11) is -3.53. The molecular formula is C15H24N2O4S. The van der Waals surface area contributed by atoms with Gasteiger partial charge in [0.25, 0.3) is 0 Å². The van der Waals surface area contributed by atoms with E-state index in [2.05, 4.69) is 23.5 Å². The van der Waals surface area contributed by atoms with Crippen LogP contribution in [-0.4, -0.2) is 52.7 Å². The summed E-state index contributed by atoms with van der Waals surface area (Å²) in [4.78, 5) is 2.37. The molecule has 1 N–H and O–H groups in total. The second kappa shape index (κ2) is 7.80. The fourth-order valence-electron chi connectivity index (χ4n) is 2.27. The second-order valence-corrected chi connectivity index (χ2v) is 6.85. The van der Waals surface area contributed by atoms with E-state index >= 15 is 0 Å². The fraction of sp³-hybridized carbons (Fsp3) is 0.600. The number of nitrogens with zero attached hydrogens (tertiary/aromatic N) is 1. The molecule has 0 amide bonds. The van der Waals surface area contributed by atoms with Gasteiger partial charge >= 0.3 is 0 Å². The standard InChI is InChI=1S/C15H24N2O4S/c1-3-17(4-2)9-8-16-22(18,19)13-6-7-14-15(12-13)21-11-5-10-20-14/h6-7,12,16H,3-5,8-11H2,1-2H3. The van der Waals surface area contributed by atoms with E-state index < -0.39 is 10.0 Å². The molecule has 0 fully saturated rings. The highest BCUT2D eigenvalue weighted by atomic mass is 32.2. The molecule has 124 valence electrons. The Kier molecular flexibility index (Phi) is 6.05. The third kappa shape index (κ3) is 4.34. The third-order valence-electron chi connectivity index (χ3n) is 3.64. The molecule has 0 saturated carbocycles. The van der Waals surface area contributed by atoms with Crippen LogP contribution in [0.15, 0.2) is 23.1 Å². The van der Waals surface area contributed by atoms with Crippen molar-refractivity contribution in [3.05, 3.63) is 18.2 Å². The number of hydrogen-bond donors (Lipinski definition) is 1. The van der Waals surface area contributed by atoms with Gasteiger partial charge in [0.15, 0.2) is 11.5 Å². The normalized spacial score (nSPS) is 14.9. The first-order valence-corrected chi connectivity index (χ1v) is 9.16. The molecule has 0 atom stereocenters. The summed E-state index contributed by atoms with van der Waals surface area (Å²) in [6, 6.07) is 4.73. The lowest BCUT2D eigenvalue weighted by Crippen LogP contribution is -2.34. The molecule has 0 spiro atoms. The van der Waals surface area contributed by atoms with E-state index in [1.807, 2.05) is 0 Å². The number of fused-ring (bicyclic) bond motifs is 1. The van der Waals surface area contributed by atoms with Gasteiger partial charge in [-0.25, -0.2) is 13.1 Å². The highest BCUT2D eigenvalue weighted by Crippen LogP contribution is 2.31. The van der Waals surface area contributed by atoms with E-state index in [1.165, 1.54) is 6.07 Å². The lowest BCUT2D eigenvalue weighted by atomic mass is 10.3. The zero-order chi connectivity index (χ0) is 16.0. The summed E-state index contributed by atoms with van der Waals surface area (Å²) in [6.45, 7) is 8.12. The minimum Gasteiger partial charge on any atom is -0.490 e. The van der Waals surface area contributed by atoms with Crippen molar-refractivity contribution in [2.75, 3.05) is 39.4 Å². The number of ether oxygens (including phenoxy) is 2. The molecule has 2 rings (SSSR count). The lowest BCUT2D eigenvalue weighted by Gasteiger charge is -2.18. The van der Waals surface area contributed by atoms with Crippen LogP contribution in [0.25, 0.3) is 0 Å². The van der Waals surface area contributed by atoms with Crippen molar-refractivity contribution in [3.63, 3.8) is 0 Å². The van der Waals surface area contributed by atoms with Crippen LogP contribution in [0, 0.1) is 0 Å². The molecule has 1 aromatic rings. The molecule has 0 aromatic heterocycles. The van der Waals surface area contributed by atoms with Gasteiger partial charge in [-0.15, -0.1) is 0 Å². The maximum atomic E-state index is 12.3. The maximum Gasteiger partial charge on any atom is 0.240 e. The van der Waals surface area contributed by atoms with Gasteiger partial charge in [0, 0.05) is 25.6 Å². The Bertz CT molecular complexity index is 585. The number of likely N-dealkylation sites (N-methyl/N-ethyl adjacent to an activating group) is 1. The number of sulfonamides is 1. The van der Waals surface area contributed by atoms with Crippen molar-refractivity contribution in [3.8, 4) is 11.5 Å². The predicted molar refractivity (Wildman–Crippen MR) is 85.0 cm³/mol. The summed E-state index contributed by atoms with van der Waals surface area (Å²) in [5, 5.41) is 0. The van der Waals surface area contributed by atoms with Crippen LogP contribution >= 0.6 is 0 Å². The maximum absolute atomic E-state index is 12.3. The summed E-state index contributed by atoms with van der Waals surface area (Å²) < 4.78 is 38.4. The van der Waals surface area contributed by atoms with Crippen LogP contribution in [0.1, 0.15) is 20.3 Å². The van der Waals surface area contributed by atoms with Crippen LogP contribution in [0.5, 0.6) is 11.5 Å². The Hall–Kier alpha value is -1.31. The molecule has 1 aliphatic heterocycles. The van der Waals surface area contributed by atoms with Gasteiger partial charge in [-0.1, -0.05) is 13.8 Å². The molecule has 1 heterocycles. The SMILES string of the molecule is CCN(CC)CCNS(=O)(=O)c1ccc2c(c1)OCCCO2. The summed E-state index contributed by atoms with van der Waals surface area (Å²) >= 11 is 0. The summed E-state index contributed by atoms with van der Waals surface area (Å²) in [5.74, 6) is 1.09. The molecular weight excluding hydrogens is 304 g/mol. The molecule has 6 nitrogen and oxygen atoms in total. The topological polar surface area (TPSA) is 67.9 Å². The largest absolute Gasteiger partial charge is 0.490 e. The zero-order valence-corrected chi connectivity index (χ0v) is 14.0. The predicted octanol–water partition coefficient (Wildman–Crippen LogP) is 1.47. The summed E-state index contributed by atoms with van der Waals surface area (Å²) in [6.07, 6.45) is 0.791. The Morgan fingerprint density at radius 1 is 1.14 bits per heavy atom. The smallest absolute Gasteiger partial charge is 0.240 e. The Labute approximate surface area is 132 Å². The fourth-order valence-corrected chi connectivity index (χ4v) is 3.31. The number of benzene rings is 1. The Balaban J connectivity index is 2.04. The highest BCUT2D eigenvalue weighted by molar-refractivity contribution is 7.89. The van der Waals surface area contributed by atoms with Gasteiger partial charge in [0.05, 0.1) is 18.1 Å². The van der Waals surface area contributed by atoms with E-state index in [1.54, 1.807) is 12.1 Å². The number of nitrogens with one attached hydrogen (secondary N) is 1. The van der Waals surface area contributed by atoms with Crippen molar-refractivity contribution < 1.29 is 17.9 Å². The molecule has 0 aliphatic carbocycles. The van der Waals surface area contributed by atoms with E-state index in [9.17, 15) is 8.42 Å². The number of hydrogen-bond acceptors (Lipinski definition) is 5. The van der Waals surface area contributed by atoms with Gasteiger partial charge in [-0.2, -0.15) is 0 Å². The molecule has 22 heavy (non-hydrogen) atoms. The molecule has 7 heteroatoms. The van der Waals surface area contributed by atoms with Crippen LogP contribution in [0.3, 0.4) is 0 Å². The van der Waals surface area contributed by atoms with E-state index in [0.29, 0.717) is 37.8 Å². The first-order chi connectivity index (χ1) is 10.6. The average Bonchev–Trinajstić information content (AvgIpc) is 2.76. The lowest BCUT2D eigenvalue weighted by molar-refractivity contribution is 0.297. The molecule has 0 radical (unpaired) electrons. The molecule has 1 aromatic carbocycles. The van der Waals surface area contributed by atoms with Crippen molar-refractivity contribution >= 4 is 10.0 Å². The quantitative estimate of drug-likeness (QED) is 0.821. The highest BCUT2D eigenvalue weighted by Gasteiger charge is 2.18. The van der Waals surface area contributed by atoms with Gasteiger partial charge in [-0.3, -0.25) is 0 Å².